The number of hydrogen-bond donors (Lipinski definition) is 2. The van der Waals surface area contributed by atoms with Crippen LogP contribution in [-0.4, -0.2) is 28.2 Å². The molecule has 3 aromatic carbocycles. The summed E-state index contributed by atoms with van der Waals surface area (Å²) in [5, 5.41) is 5.80. The maximum absolute atomic E-state index is 13.5. The van der Waals surface area contributed by atoms with E-state index in [0.29, 0.717) is 27.5 Å². The van der Waals surface area contributed by atoms with Gasteiger partial charge >= 0.3 is 0 Å². The van der Waals surface area contributed by atoms with Gasteiger partial charge in [0.1, 0.15) is 17.2 Å². The van der Waals surface area contributed by atoms with Gasteiger partial charge < -0.3 is 10.6 Å². The van der Waals surface area contributed by atoms with Crippen molar-refractivity contribution in [1.29, 1.82) is 0 Å². The Labute approximate surface area is 224 Å². The van der Waals surface area contributed by atoms with Crippen LogP contribution in [0.5, 0.6) is 0 Å². The summed E-state index contributed by atoms with van der Waals surface area (Å²) in [6.45, 7) is 5.92. The van der Waals surface area contributed by atoms with Crippen LogP contribution in [0.3, 0.4) is 0 Å². The number of hydrogen-bond acceptors (Lipinski definition) is 4. The Hall–Kier alpha value is -4.30. The highest BCUT2D eigenvalue weighted by atomic mass is 32.1. The van der Waals surface area contributed by atoms with Crippen molar-refractivity contribution in [2.75, 3.05) is 7.05 Å². The van der Waals surface area contributed by atoms with Gasteiger partial charge in [-0.3, -0.25) is 14.0 Å². The minimum atomic E-state index is -0.525. The molecule has 192 valence electrons. The summed E-state index contributed by atoms with van der Waals surface area (Å²) < 4.78 is 15.2. The molecule has 0 aliphatic rings. The second kappa shape index (κ2) is 9.87. The van der Waals surface area contributed by atoms with Crippen molar-refractivity contribution in [3.63, 3.8) is 0 Å². The first kappa shape index (κ1) is 25.4. The highest BCUT2D eigenvalue weighted by Gasteiger charge is 2.25. The van der Waals surface area contributed by atoms with Gasteiger partial charge in [0.15, 0.2) is 4.96 Å². The van der Waals surface area contributed by atoms with Crippen LogP contribution in [-0.2, 0) is 5.54 Å². The molecule has 0 atom stereocenters. The van der Waals surface area contributed by atoms with E-state index in [-0.39, 0.29) is 17.6 Å². The first-order chi connectivity index (χ1) is 18.2. The highest BCUT2D eigenvalue weighted by molar-refractivity contribution is 7.20. The molecule has 5 aromatic rings. The average molecular weight is 527 g/mol. The van der Waals surface area contributed by atoms with Gasteiger partial charge in [-0.05, 0) is 73.9 Å². The number of amides is 2. The van der Waals surface area contributed by atoms with E-state index in [9.17, 15) is 14.0 Å². The van der Waals surface area contributed by atoms with Crippen LogP contribution in [0, 0.1) is 12.7 Å². The molecule has 0 radical (unpaired) electrons. The fourth-order valence-electron chi connectivity index (χ4n) is 4.48. The van der Waals surface area contributed by atoms with Gasteiger partial charge in [0.05, 0.1) is 10.4 Å². The lowest BCUT2D eigenvalue weighted by Gasteiger charge is -2.27. The second-order valence-corrected chi connectivity index (χ2v) is 10.6. The minimum absolute atomic E-state index is 0.152. The number of thiazole rings is 1. The number of imidazole rings is 1. The SMILES string of the molecule is CNC(=O)c1c(-c2ccc(F)cc2)nc2sc(-c3ccc(C(=O)NC(C)(C)c4ccccc4)cc3C)cn12. The predicted molar refractivity (Wildman–Crippen MR) is 149 cm³/mol. The number of aromatic nitrogens is 2. The Morgan fingerprint density at radius 1 is 0.974 bits per heavy atom. The summed E-state index contributed by atoms with van der Waals surface area (Å²) in [5.74, 6) is -0.791. The van der Waals surface area contributed by atoms with Gasteiger partial charge in [-0.2, -0.15) is 0 Å². The summed E-state index contributed by atoms with van der Waals surface area (Å²) in [7, 11) is 1.57. The fraction of sp³-hybridized carbons (Fsp3) is 0.167. The van der Waals surface area contributed by atoms with E-state index in [2.05, 4.69) is 10.6 Å². The summed E-state index contributed by atoms with van der Waals surface area (Å²) in [5.41, 5.74) is 4.48. The van der Waals surface area contributed by atoms with Crippen LogP contribution in [0.4, 0.5) is 4.39 Å². The number of carbonyl (C=O) groups excluding carboxylic acids is 2. The van der Waals surface area contributed by atoms with E-state index >= 15 is 0 Å². The van der Waals surface area contributed by atoms with Gasteiger partial charge in [-0.1, -0.05) is 47.7 Å². The van der Waals surface area contributed by atoms with E-state index < -0.39 is 5.54 Å². The Bertz CT molecular complexity index is 1650. The number of nitrogens with zero attached hydrogens (tertiary/aromatic N) is 2. The van der Waals surface area contributed by atoms with Gasteiger partial charge in [0, 0.05) is 24.4 Å². The molecular formula is C30H27FN4O2S. The van der Waals surface area contributed by atoms with Crippen LogP contribution >= 0.6 is 11.3 Å². The minimum Gasteiger partial charge on any atom is -0.354 e. The standard InChI is InChI=1S/C30H27FN4O2S/c1-18-16-20(27(36)34-30(2,3)21-8-6-5-7-9-21)12-15-23(18)24-17-35-26(28(37)32-4)25(33-29(35)38-24)19-10-13-22(31)14-11-19/h5-17H,1-4H3,(H,32,37)(H,34,36). The van der Waals surface area contributed by atoms with Gasteiger partial charge in [-0.15, -0.1) is 0 Å². The molecule has 6 nitrogen and oxygen atoms in total. The molecule has 8 heteroatoms. The van der Waals surface area contributed by atoms with Crippen molar-refractivity contribution >= 4 is 28.1 Å². The molecule has 2 N–H and O–H groups in total. The molecule has 0 saturated carbocycles. The summed E-state index contributed by atoms with van der Waals surface area (Å²) >= 11 is 1.44. The second-order valence-electron chi connectivity index (χ2n) is 9.62. The molecule has 0 aliphatic carbocycles. The maximum atomic E-state index is 13.5. The monoisotopic (exact) mass is 526 g/mol. The van der Waals surface area contributed by atoms with Crippen LogP contribution in [0.2, 0.25) is 0 Å². The third-order valence-corrected chi connectivity index (χ3v) is 7.58. The summed E-state index contributed by atoms with van der Waals surface area (Å²) in [4.78, 5) is 32.2. The van der Waals surface area contributed by atoms with Gasteiger partial charge in [0.2, 0.25) is 0 Å². The van der Waals surface area contributed by atoms with Crippen molar-refractivity contribution < 1.29 is 14.0 Å². The zero-order valence-corrected chi connectivity index (χ0v) is 22.3. The van der Waals surface area contributed by atoms with Gasteiger partial charge in [0.25, 0.3) is 11.8 Å². The molecule has 0 fully saturated rings. The molecule has 5 rings (SSSR count). The normalized spacial score (nSPS) is 11.5. The van der Waals surface area contributed by atoms with Crippen molar-refractivity contribution in [3.8, 4) is 21.7 Å². The zero-order valence-electron chi connectivity index (χ0n) is 21.5. The molecule has 0 aliphatic heterocycles. The average Bonchev–Trinajstić information content (AvgIpc) is 3.47. The van der Waals surface area contributed by atoms with Crippen LogP contribution in [0.15, 0.2) is 79.0 Å². The number of rotatable bonds is 6. The Kier molecular flexibility index (Phi) is 6.59. The van der Waals surface area contributed by atoms with Crippen molar-refractivity contribution in [3.05, 3.63) is 107 Å². The molecule has 0 unspecified atom stereocenters. The first-order valence-corrected chi connectivity index (χ1v) is 13.0. The number of fused-ring (bicyclic) bond motifs is 1. The van der Waals surface area contributed by atoms with Crippen LogP contribution in [0.25, 0.3) is 26.7 Å². The Morgan fingerprint density at radius 3 is 2.34 bits per heavy atom. The van der Waals surface area contributed by atoms with E-state index in [1.165, 1.54) is 23.5 Å². The lowest BCUT2D eigenvalue weighted by atomic mass is 9.93. The fourth-order valence-corrected chi connectivity index (χ4v) is 5.55. The first-order valence-electron chi connectivity index (χ1n) is 12.2. The molecular weight excluding hydrogens is 499 g/mol. The summed E-state index contributed by atoms with van der Waals surface area (Å²) in [6.07, 6.45) is 1.88. The topological polar surface area (TPSA) is 75.5 Å². The molecule has 38 heavy (non-hydrogen) atoms. The van der Waals surface area contributed by atoms with E-state index in [0.717, 1.165) is 21.6 Å². The van der Waals surface area contributed by atoms with Crippen molar-refractivity contribution in [2.24, 2.45) is 0 Å². The van der Waals surface area contributed by atoms with Crippen LogP contribution < -0.4 is 10.6 Å². The van der Waals surface area contributed by atoms with E-state index in [4.69, 9.17) is 4.98 Å². The van der Waals surface area contributed by atoms with Crippen molar-refractivity contribution in [1.82, 2.24) is 20.0 Å². The molecule has 0 saturated heterocycles. The number of nitrogens with one attached hydrogen (secondary N) is 2. The smallest absolute Gasteiger partial charge is 0.270 e. The number of halogens is 1. The largest absolute Gasteiger partial charge is 0.354 e. The van der Waals surface area contributed by atoms with E-state index in [1.807, 2.05) is 75.5 Å². The molecule has 0 spiro atoms. The molecule has 0 bridgehead atoms. The van der Waals surface area contributed by atoms with Crippen molar-refractivity contribution in [2.45, 2.75) is 26.3 Å². The summed E-state index contributed by atoms with van der Waals surface area (Å²) in [6, 6.07) is 21.4. The quantitative estimate of drug-likeness (QED) is 0.277. The number of carbonyl (C=O) groups is 2. The Morgan fingerprint density at radius 2 is 1.68 bits per heavy atom. The number of aryl methyl sites for hydroxylation is 1. The predicted octanol–water partition coefficient (Wildman–Crippen LogP) is 6.20. The van der Waals surface area contributed by atoms with E-state index in [1.54, 1.807) is 23.6 Å². The molecule has 2 heterocycles. The molecule has 2 aromatic heterocycles. The third kappa shape index (κ3) is 4.70. The number of benzene rings is 3. The Balaban J connectivity index is 1.47. The zero-order chi connectivity index (χ0) is 27.0. The van der Waals surface area contributed by atoms with Gasteiger partial charge in [-0.25, -0.2) is 9.37 Å². The molecule has 2 amide bonds. The third-order valence-electron chi connectivity index (χ3n) is 6.56. The lowest BCUT2D eigenvalue weighted by molar-refractivity contribution is 0.0910. The maximum Gasteiger partial charge on any atom is 0.270 e. The lowest BCUT2D eigenvalue weighted by Crippen LogP contribution is -2.41. The van der Waals surface area contributed by atoms with Crippen LogP contribution in [0.1, 0.15) is 45.8 Å². The highest BCUT2D eigenvalue weighted by Crippen LogP contribution is 2.35.